The van der Waals surface area contributed by atoms with Gasteiger partial charge in [-0.15, -0.1) is 11.6 Å². The van der Waals surface area contributed by atoms with Crippen LogP contribution in [-0.4, -0.2) is 27.5 Å². The summed E-state index contributed by atoms with van der Waals surface area (Å²) >= 11 is 5.60. The molecule has 3 nitrogen and oxygen atoms in total. The zero-order chi connectivity index (χ0) is 16.0. The lowest BCUT2D eigenvalue weighted by Crippen LogP contribution is -2.21. The number of halogens is 1. The molecule has 1 aromatic carbocycles. The zero-order valence-corrected chi connectivity index (χ0v) is 15.2. The van der Waals surface area contributed by atoms with Crippen LogP contribution in [-0.2, 0) is 10.2 Å². The Balaban J connectivity index is 3.15. The lowest BCUT2D eigenvalue weighted by Gasteiger charge is -2.25. The minimum atomic E-state index is -0.977. The van der Waals surface area contributed by atoms with Gasteiger partial charge in [0.1, 0.15) is 11.3 Å². The molecular formula is C16H24ClO3Si. The van der Waals surface area contributed by atoms with E-state index in [1.807, 2.05) is 25.2 Å². The highest BCUT2D eigenvalue weighted by Crippen LogP contribution is 2.34. The average molecular weight is 328 g/mol. The third-order valence-electron chi connectivity index (χ3n) is 2.86. The zero-order valence-electron chi connectivity index (χ0n) is 13.5. The van der Waals surface area contributed by atoms with Gasteiger partial charge in [-0.05, 0) is 36.6 Å². The summed E-state index contributed by atoms with van der Waals surface area (Å²) in [6, 6.07) is 5.65. The number of hydrogen-bond acceptors (Lipinski definition) is 3. The maximum atomic E-state index is 12.3. The van der Waals surface area contributed by atoms with Gasteiger partial charge in [0.15, 0.2) is 0 Å². The van der Waals surface area contributed by atoms with Gasteiger partial charge in [0.25, 0.3) is 9.04 Å². The lowest BCUT2D eigenvalue weighted by atomic mass is 9.85. The van der Waals surface area contributed by atoms with E-state index >= 15 is 0 Å². The Hall–Kier alpha value is -1.00. The molecule has 1 aromatic rings. The molecule has 0 aliphatic carbocycles. The summed E-state index contributed by atoms with van der Waals surface area (Å²) < 4.78 is 11.3. The van der Waals surface area contributed by atoms with Gasteiger partial charge < -0.3 is 9.16 Å². The fourth-order valence-electron chi connectivity index (χ4n) is 1.90. The first-order valence-corrected chi connectivity index (χ1v) is 10.1. The molecule has 0 N–H and O–H groups in total. The lowest BCUT2D eigenvalue weighted by molar-refractivity contribution is 0.0503. The van der Waals surface area contributed by atoms with Crippen LogP contribution in [0.3, 0.4) is 0 Å². The van der Waals surface area contributed by atoms with Crippen molar-refractivity contribution in [3.63, 3.8) is 0 Å². The van der Waals surface area contributed by atoms with Crippen LogP contribution in [0.1, 0.15) is 43.1 Å². The molecule has 1 radical (unpaired) electrons. The highest BCUT2D eigenvalue weighted by molar-refractivity contribution is 6.49. The second-order valence-corrected chi connectivity index (χ2v) is 8.52. The largest absolute Gasteiger partial charge is 0.542 e. The van der Waals surface area contributed by atoms with Gasteiger partial charge in [-0.1, -0.05) is 32.9 Å². The highest BCUT2D eigenvalue weighted by atomic mass is 35.5. The molecule has 0 heterocycles. The Morgan fingerprint density at radius 3 is 2.48 bits per heavy atom. The van der Waals surface area contributed by atoms with Gasteiger partial charge >= 0.3 is 5.97 Å². The van der Waals surface area contributed by atoms with Crippen LogP contribution < -0.4 is 4.43 Å². The van der Waals surface area contributed by atoms with Crippen LogP contribution >= 0.6 is 11.6 Å². The summed E-state index contributed by atoms with van der Waals surface area (Å²) in [6.07, 6.45) is 0.652. The van der Waals surface area contributed by atoms with Gasteiger partial charge in [0.05, 0.1) is 6.61 Å². The summed E-state index contributed by atoms with van der Waals surface area (Å²) in [5, 5.41) is 0. The number of esters is 1. The van der Waals surface area contributed by atoms with Crippen molar-refractivity contribution in [3.8, 4) is 5.75 Å². The first-order chi connectivity index (χ1) is 9.77. The minimum absolute atomic E-state index is 0.0981. The van der Waals surface area contributed by atoms with E-state index in [0.717, 1.165) is 5.56 Å². The molecule has 0 saturated carbocycles. The molecule has 5 heteroatoms. The van der Waals surface area contributed by atoms with E-state index in [1.54, 1.807) is 6.07 Å². The molecule has 0 atom stereocenters. The third-order valence-corrected chi connectivity index (χ3v) is 3.74. The van der Waals surface area contributed by atoms with Crippen LogP contribution in [0.4, 0.5) is 0 Å². The molecule has 0 fully saturated rings. The number of benzene rings is 1. The molecule has 0 amide bonds. The van der Waals surface area contributed by atoms with Gasteiger partial charge in [0.2, 0.25) is 0 Å². The Kier molecular flexibility index (Phi) is 6.75. The summed E-state index contributed by atoms with van der Waals surface area (Å²) in [7, 11) is -0.977. The maximum absolute atomic E-state index is 12.3. The number of carbonyl (C=O) groups excluding carboxylic acids is 1. The standard InChI is InChI=1S/C16H24ClO3Si/c1-16(2,3)13-9-6-8-12(14(13)20-21(4)5)15(18)19-11-7-10-17/h6,8-9H,7,10-11H2,1-5H3. The second kappa shape index (κ2) is 7.85. The molecule has 21 heavy (non-hydrogen) atoms. The molecule has 0 aliphatic rings. The SMILES string of the molecule is C[Si](C)Oc1c(C(=O)OCCCCl)cccc1C(C)(C)C. The van der Waals surface area contributed by atoms with Crippen molar-refractivity contribution >= 4 is 26.6 Å². The quantitative estimate of drug-likeness (QED) is 0.336. The molecule has 0 aliphatic heterocycles. The Labute approximate surface area is 134 Å². The highest BCUT2D eigenvalue weighted by Gasteiger charge is 2.25. The van der Waals surface area contributed by atoms with Gasteiger partial charge in [-0.25, -0.2) is 4.79 Å². The van der Waals surface area contributed by atoms with Crippen LogP contribution in [0.2, 0.25) is 13.1 Å². The normalized spacial score (nSPS) is 11.6. The molecule has 1 rings (SSSR count). The third kappa shape index (κ3) is 5.36. The van der Waals surface area contributed by atoms with Gasteiger partial charge in [0, 0.05) is 5.88 Å². The number of hydrogen-bond donors (Lipinski definition) is 0. The Morgan fingerprint density at radius 2 is 1.95 bits per heavy atom. The van der Waals surface area contributed by atoms with Crippen molar-refractivity contribution in [2.75, 3.05) is 12.5 Å². The molecule has 0 unspecified atom stereocenters. The van der Waals surface area contributed by atoms with E-state index < -0.39 is 9.04 Å². The van der Waals surface area contributed by atoms with E-state index in [2.05, 4.69) is 20.8 Å². The van der Waals surface area contributed by atoms with Gasteiger partial charge in [-0.3, -0.25) is 0 Å². The molecule has 0 aromatic heterocycles. The second-order valence-electron chi connectivity index (χ2n) is 6.12. The first-order valence-electron chi connectivity index (χ1n) is 7.12. The number of carbonyl (C=O) groups is 1. The summed E-state index contributed by atoms with van der Waals surface area (Å²) in [6.45, 7) is 10.7. The van der Waals surface area contributed by atoms with Gasteiger partial charge in [-0.2, -0.15) is 0 Å². The smallest absolute Gasteiger partial charge is 0.341 e. The minimum Gasteiger partial charge on any atom is -0.542 e. The monoisotopic (exact) mass is 327 g/mol. The number of alkyl halides is 1. The number of para-hydroxylation sites is 1. The van der Waals surface area contributed by atoms with E-state index in [9.17, 15) is 4.79 Å². The fourth-order valence-corrected chi connectivity index (χ4v) is 2.64. The molecule has 0 saturated heterocycles. The average Bonchev–Trinajstić information content (AvgIpc) is 2.37. The molecule has 117 valence electrons. The predicted molar refractivity (Wildman–Crippen MR) is 88.9 cm³/mol. The Morgan fingerprint density at radius 1 is 1.29 bits per heavy atom. The van der Waals surface area contributed by atoms with Crippen molar-refractivity contribution in [1.29, 1.82) is 0 Å². The summed E-state index contributed by atoms with van der Waals surface area (Å²) in [5.41, 5.74) is 1.43. The maximum Gasteiger partial charge on any atom is 0.341 e. The van der Waals surface area contributed by atoms with Crippen LogP contribution in [0.15, 0.2) is 18.2 Å². The number of ether oxygens (including phenoxy) is 1. The van der Waals surface area contributed by atoms with Crippen molar-refractivity contribution in [2.45, 2.75) is 45.7 Å². The summed E-state index contributed by atoms with van der Waals surface area (Å²) in [5.74, 6) is 0.805. The number of rotatable bonds is 6. The van der Waals surface area contributed by atoms with E-state index in [4.69, 9.17) is 20.8 Å². The predicted octanol–water partition coefficient (Wildman–Crippen LogP) is 4.40. The fraction of sp³-hybridized carbons (Fsp3) is 0.562. The van der Waals surface area contributed by atoms with E-state index in [-0.39, 0.29) is 11.4 Å². The van der Waals surface area contributed by atoms with Crippen LogP contribution in [0.5, 0.6) is 5.75 Å². The van der Waals surface area contributed by atoms with Crippen molar-refractivity contribution in [1.82, 2.24) is 0 Å². The summed E-state index contributed by atoms with van der Waals surface area (Å²) in [4.78, 5) is 12.3. The molecule has 0 spiro atoms. The van der Waals surface area contributed by atoms with E-state index in [1.165, 1.54) is 0 Å². The van der Waals surface area contributed by atoms with Crippen LogP contribution in [0, 0.1) is 0 Å². The van der Waals surface area contributed by atoms with Crippen LogP contribution in [0.25, 0.3) is 0 Å². The first kappa shape index (κ1) is 18.0. The van der Waals surface area contributed by atoms with Crippen molar-refractivity contribution < 1.29 is 14.0 Å². The van der Waals surface area contributed by atoms with Crippen molar-refractivity contribution in [2.24, 2.45) is 0 Å². The topological polar surface area (TPSA) is 35.5 Å². The molecular weight excluding hydrogens is 304 g/mol. The Bertz CT molecular complexity index is 481. The van der Waals surface area contributed by atoms with E-state index in [0.29, 0.717) is 30.2 Å². The molecule has 0 bridgehead atoms. The van der Waals surface area contributed by atoms with Crippen molar-refractivity contribution in [3.05, 3.63) is 29.3 Å².